The van der Waals surface area contributed by atoms with Crippen molar-refractivity contribution in [2.45, 2.75) is 115 Å². The summed E-state index contributed by atoms with van der Waals surface area (Å²) in [5.74, 6) is 0.861. The lowest BCUT2D eigenvalue weighted by molar-refractivity contribution is -0.138. The molecule has 2 bridgehead atoms. The molecule has 0 aromatic heterocycles. The molecule has 0 aromatic carbocycles. The van der Waals surface area contributed by atoms with E-state index >= 15 is 0 Å². The third-order valence-electron chi connectivity index (χ3n) is 9.27. The molecule has 5 rings (SSSR count). The summed E-state index contributed by atoms with van der Waals surface area (Å²) < 4.78 is 0.0651. The van der Waals surface area contributed by atoms with Crippen LogP contribution in [-0.4, -0.2) is 50.8 Å². The van der Waals surface area contributed by atoms with Gasteiger partial charge in [0, 0.05) is 58.4 Å². The van der Waals surface area contributed by atoms with Crippen LogP contribution in [-0.2, 0) is 4.79 Å². The first-order valence-corrected chi connectivity index (χ1v) is 14.6. The first-order chi connectivity index (χ1) is 15.8. The maximum Gasteiger partial charge on any atom is 0.281 e. The predicted octanol–water partition coefficient (Wildman–Crippen LogP) is 6.41. The topological polar surface area (TPSA) is 52.6 Å². The van der Waals surface area contributed by atoms with Crippen molar-refractivity contribution in [3.8, 4) is 0 Å². The van der Waals surface area contributed by atoms with Crippen molar-refractivity contribution in [1.82, 2.24) is 15.1 Å². The van der Waals surface area contributed by atoms with Gasteiger partial charge in [-0.05, 0) is 57.3 Å². The number of fused-ring (bicyclic) bond motifs is 4. The first-order valence-electron chi connectivity index (χ1n) is 13.5. The largest absolute Gasteiger partial charge is 0.364 e. The Morgan fingerprint density at radius 2 is 1.58 bits per heavy atom. The van der Waals surface area contributed by atoms with Crippen LogP contribution in [0.25, 0.3) is 0 Å². The van der Waals surface area contributed by atoms with Gasteiger partial charge >= 0.3 is 0 Å². The number of amides is 2. The normalized spacial score (nSPS) is 34.6. The smallest absolute Gasteiger partial charge is 0.281 e. The van der Waals surface area contributed by atoms with Crippen molar-refractivity contribution in [2.75, 3.05) is 19.6 Å². The summed E-state index contributed by atoms with van der Waals surface area (Å²) in [7, 11) is 0. The summed E-state index contributed by atoms with van der Waals surface area (Å²) in [5, 5.41) is 3.30. The van der Waals surface area contributed by atoms with E-state index in [9.17, 15) is 9.59 Å². The molecule has 1 aliphatic heterocycles. The molecule has 1 atom stereocenters. The Balaban J connectivity index is 1.39. The Hall–Kier alpha value is -0.790. The van der Waals surface area contributed by atoms with Crippen LogP contribution in [0, 0.1) is 11.3 Å². The number of nitrogens with one attached hydrogen (secondary N) is 1. The van der Waals surface area contributed by atoms with Gasteiger partial charge in [0.15, 0.2) is 0 Å². The minimum Gasteiger partial charge on any atom is -0.364 e. The molecule has 4 aliphatic carbocycles. The Bertz CT molecular complexity index is 721. The molecular formula is C27H44IN3O2. The molecule has 1 saturated heterocycles. The Labute approximate surface area is 214 Å². The first kappa shape index (κ1) is 25.3. The molecule has 1 heterocycles. The molecule has 5 nitrogen and oxygen atoms in total. The van der Waals surface area contributed by atoms with Crippen LogP contribution in [0.2, 0.25) is 0 Å². The molecule has 6 heteroatoms. The quantitative estimate of drug-likeness (QED) is 0.242. The number of hydrogen-bond acceptors (Lipinski definition) is 3. The molecule has 0 aromatic rings. The minimum absolute atomic E-state index is 0.0394. The molecule has 4 saturated carbocycles. The van der Waals surface area contributed by atoms with E-state index in [0.717, 1.165) is 51.6 Å². The zero-order valence-corrected chi connectivity index (χ0v) is 22.8. The van der Waals surface area contributed by atoms with Gasteiger partial charge in [0.25, 0.3) is 3.91 Å². The Morgan fingerprint density at radius 3 is 2.15 bits per heavy atom. The monoisotopic (exact) mass is 569 g/mol. The highest BCUT2D eigenvalue weighted by Gasteiger charge is 2.51. The maximum atomic E-state index is 13.3. The SMILES string of the molecule is C=C(N1CCN(C2CCCCCCCCC2)C(=O)C1)C12CCC(NC(=O)I)(CC1)CC(C)C2. The number of nitrogens with zero attached hydrogens (tertiary/aromatic N) is 2. The number of carbonyl (C=O) groups excluding carboxylic acids is 2. The van der Waals surface area contributed by atoms with Crippen molar-refractivity contribution in [3.63, 3.8) is 0 Å². The summed E-state index contributed by atoms with van der Waals surface area (Å²) in [6.07, 6.45) is 18.0. The molecule has 33 heavy (non-hydrogen) atoms. The minimum atomic E-state index is -0.0394. The zero-order valence-electron chi connectivity index (χ0n) is 20.7. The van der Waals surface area contributed by atoms with Gasteiger partial charge in [-0.15, -0.1) is 0 Å². The third-order valence-corrected chi connectivity index (χ3v) is 9.54. The average Bonchev–Trinajstić information content (AvgIpc) is 3.01. The molecule has 186 valence electrons. The van der Waals surface area contributed by atoms with Crippen LogP contribution in [0.15, 0.2) is 12.3 Å². The molecule has 2 amide bonds. The van der Waals surface area contributed by atoms with E-state index < -0.39 is 0 Å². The van der Waals surface area contributed by atoms with Gasteiger partial charge in [0.1, 0.15) is 0 Å². The highest BCUT2D eigenvalue weighted by atomic mass is 127. The van der Waals surface area contributed by atoms with Crippen LogP contribution in [0.4, 0.5) is 4.79 Å². The molecule has 1 N–H and O–H groups in total. The zero-order chi connectivity index (χ0) is 23.5. The summed E-state index contributed by atoms with van der Waals surface area (Å²) in [6.45, 7) is 9.22. The fourth-order valence-corrected chi connectivity index (χ4v) is 8.12. The van der Waals surface area contributed by atoms with Gasteiger partial charge in [-0.1, -0.05) is 58.4 Å². The van der Waals surface area contributed by atoms with E-state index in [4.69, 9.17) is 0 Å². The van der Waals surface area contributed by atoms with Crippen LogP contribution < -0.4 is 5.32 Å². The molecule has 5 aliphatic rings. The van der Waals surface area contributed by atoms with E-state index in [1.165, 1.54) is 63.5 Å². The van der Waals surface area contributed by atoms with E-state index in [1.54, 1.807) is 0 Å². The highest BCUT2D eigenvalue weighted by Crippen LogP contribution is 2.55. The van der Waals surface area contributed by atoms with Crippen molar-refractivity contribution in [1.29, 1.82) is 0 Å². The fraction of sp³-hybridized carbons (Fsp3) is 0.852. The summed E-state index contributed by atoms with van der Waals surface area (Å²) in [4.78, 5) is 29.7. The second kappa shape index (κ2) is 10.9. The van der Waals surface area contributed by atoms with Crippen molar-refractivity contribution >= 4 is 32.4 Å². The highest BCUT2D eigenvalue weighted by molar-refractivity contribution is 14.1. The Kier molecular flexibility index (Phi) is 8.33. The van der Waals surface area contributed by atoms with Crippen LogP contribution in [0.1, 0.15) is 103 Å². The third kappa shape index (κ3) is 5.90. The number of piperazine rings is 1. The molecule has 0 spiro atoms. The summed E-state index contributed by atoms with van der Waals surface area (Å²) in [6, 6.07) is 0.439. The standard InChI is InChI=1S/C27H44IN3O2/c1-21-18-26(12-14-27(19-21,15-13-26)29-25(28)33)22(2)30-16-17-31(24(32)20-30)23-10-8-6-4-3-5-7-9-11-23/h21,23H,2-20H2,1H3,(H,29,33). The Morgan fingerprint density at radius 1 is 0.970 bits per heavy atom. The van der Waals surface area contributed by atoms with E-state index in [0.29, 0.717) is 24.4 Å². The van der Waals surface area contributed by atoms with Gasteiger partial charge in [-0.2, -0.15) is 0 Å². The molecule has 0 radical (unpaired) electrons. The number of hydrogen-bond donors (Lipinski definition) is 1. The average molecular weight is 570 g/mol. The molecule has 5 fully saturated rings. The van der Waals surface area contributed by atoms with Crippen LogP contribution in [0.5, 0.6) is 0 Å². The number of rotatable bonds is 4. The second-order valence-corrected chi connectivity index (χ2v) is 12.6. The van der Waals surface area contributed by atoms with Crippen molar-refractivity contribution < 1.29 is 9.59 Å². The predicted molar refractivity (Wildman–Crippen MR) is 142 cm³/mol. The van der Waals surface area contributed by atoms with E-state index in [-0.39, 0.29) is 14.9 Å². The lowest BCUT2D eigenvalue weighted by Gasteiger charge is -2.49. The van der Waals surface area contributed by atoms with Crippen molar-refractivity contribution in [2.24, 2.45) is 11.3 Å². The summed E-state index contributed by atoms with van der Waals surface area (Å²) in [5.41, 5.74) is 1.25. The van der Waals surface area contributed by atoms with Gasteiger partial charge in [0.05, 0.1) is 6.54 Å². The fourth-order valence-electron chi connectivity index (χ4n) is 7.55. The van der Waals surface area contributed by atoms with Gasteiger partial charge in [-0.25, -0.2) is 0 Å². The lowest BCUT2D eigenvalue weighted by Crippen LogP contribution is -2.55. The number of allylic oxidation sites excluding steroid dienone is 1. The number of halogens is 1. The maximum absolute atomic E-state index is 13.3. The summed E-state index contributed by atoms with van der Waals surface area (Å²) >= 11 is 1.88. The van der Waals surface area contributed by atoms with E-state index in [2.05, 4.69) is 28.6 Å². The van der Waals surface area contributed by atoms with Crippen molar-refractivity contribution in [3.05, 3.63) is 12.3 Å². The van der Waals surface area contributed by atoms with Crippen LogP contribution in [0.3, 0.4) is 0 Å². The van der Waals surface area contributed by atoms with Gasteiger partial charge in [0.2, 0.25) is 5.91 Å². The van der Waals surface area contributed by atoms with Crippen LogP contribution >= 0.6 is 22.6 Å². The lowest BCUT2D eigenvalue weighted by atomic mass is 9.66. The molecular weight excluding hydrogens is 525 g/mol. The van der Waals surface area contributed by atoms with E-state index in [1.807, 2.05) is 22.6 Å². The second-order valence-electron chi connectivity index (χ2n) is 11.6. The number of carbonyl (C=O) groups is 2. The van der Waals surface area contributed by atoms with Gasteiger partial charge < -0.3 is 15.1 Å². The molecule has 1 unspecified atom stereocenters. The van der Waals surface area contributed by atoms with Gasteiger partial charge in [-0.3, -0.25) is 9.59 Å².